The normalized spacial score (nSPS) is 13.3. The number of aromatic nitrogens is 1. The van der Waals surface area contributed by atoms with Crippen LogP contribution in [0, 0.1) is 6.92 Å². The molecule has 88 valence electrons. The van der Waals surface area contributed by atoms with E-state index in [2.05, 4.69) is 4.98 Å². The summed E-state index contributed by atoms with van der Waals surface area (Å²) in [4.78, 5) is 15.9. The predicted molar refractivity (Wildman–Crippen MR) is 63.2 cm³/mol. The first kappa shape index (κ1) is 12.7. The zero-order valence-electron chi connectivity index (χ0n) is 10.6. The lowest BCUT2D eigenvalue weighted by atomic mass is 9.98. The maximum Gasteiger partial charge on any atom is 0.313 e. The Morgan fingerprint density at radius 3 is 2.56 bits per heavy atom. The van der Waals surface area contributed by atoms with Crippen LogP contribution in [0.15, 0.2) is 18.5 Å². The molecule has 16 heavy (non-hydrogen) atoms. The third kappa shape index (κ3) is 3.33. The molecule has 1 atom stereocenters. The van der Waals surface area contributed by atoms with E-state index in [0.717, 1.165) is 11.1 Å². The van der Waals surface area contributed by atoms with Gasteiger partial charge in [0.15, 0.2) is 0 Å². The van der Waals surface area contributed by atoms with E-state index in [1.54, 1.807) is 12.4 Å². The Labute approximate surface area is 96.8 Å². The first-order valence-corrected chi connectivity index (χ1v) is 5.44. The number of carbonyl (C=O) groups is 1. The largest absolute Gasteiger partial charge is 0.460 e. The number of pyridine rings is 1. The van der Waals surface area contributed by atoms with Crippen LogP contribution in [0.1, 0.15) is 44.7 Å². The molecule has 0 N–H and O–H groups in total. The molecule has 1 heterocycles. The summed E-state index contributed by atoms with van der Waals surface area (Å²) in [6.45, 7) is 9.42. The fourth-order valence-electron chi connectivity index (χ4n) is 1.45. The van der Waals surface area contributed by atoms with Gasteiger partial charge in [-0.05, 0) is 51.8 Å². The van der Waals surface area contributed by atoms with Gasteiger partial charge in [-0.2, -0.15) is 0 Å². The summed E-state index contributed by atoms with van der Waals surface area (Å²) < 4.78 is 5.34. The van der Waals surface area contributed by atoms with Crippen LogP contribution in [-0.2, 0) is 9.53 Å². The van der Waals surface area contributed by atoms with E-state index in [1.165, 1.54) is 0 Å². The second kappa shape index (κ2) is 4.64. The predicted octanol–water partition coefficient (Wildman–Crippen LogP) is 2.84. The smallest absolute Gasteiger partial charge is 0.313 e. The number of rotatable bonds is 2. The van der Waals surface area contributed by atoms with Crippen molar-refractivity contribution in [1.82, 2.24) is 4.98 Å². The molecule has 0 aliphatic heterocycles. The molecule has 0 spiro atoms. The first-order valence-electron chi connectivity index (χ1n) is 5.44. The number of ether oxygens (including phenoxy) is 1. The second-order valence-corrected chi connectivity index (χ2v) is 4.99. The minimum Gasteiger partial charge on any atom is -0.460 e. The van der Waals surface area contributed by atoms with Gasteiger partial charge >= 0.3 is 5.97 Å². The Balaban J connectivity index is 2.83. The molecule has 0 saturated carbocycles. The van der Waals surface area contributed by atoms with Crippen LogP contribution in [-0.4, -0.2) is 16.6 Å². The van der Waals surface area contributed by atoms with Crippen LogP contribution in [0.5, 0.6) is 0 Å². The molecule has 1 unspecified atom stereocenters. The highest BCUT2D eigenvalue weighted by Crippen LogP contribution is 2.22. The highest BCUT2D eigenvalue weighted by Gasteiger charge is 2.23. The lowest BCUT2D eigenvalue weighted by molar-refractivity contribution is -0.156. The molecule has 0 saturated heterocycles. The van der Waals surface area contributed by atoms with Gasteiger partial charge in [0, 0.05) is 12.4 Å². The summed E-state index contributed by atoms with van der Waals surface area (Å²) >= 11 is 0. The summed E-state index contributed by atoms with van der Waals surface area (Å²) in [7, 11) is 0. The van der Waals surface area contributed by atoms with Crippen molar-refractivity contribution in [2.45, 2.75) is 46.1 Å². The molecular formula is C13H19NO2. The van der Waals surface area contributed by atoms with Gasteiger partial charge < -0.3 is 4.74 Å². The average molecular weight is 221 g/mol. The molecule has 0 fully saturated rings. The molecular weight excluding hydrogens is 202 g/mol. The SMILES string of the molecule is Cc1ccncc1C(C)C(=O)OC(C)(C)C. The maximum atomic E-state index is 11.9. The standard InChI is InChI=1S/C13H19NO2/c1-9-6-7-14-8-11(9)10(2)12(15)16-13(3,4)5/h6-8,10H,1-5H3. The zero-order valence-corrected chi connectivity index (χ0v) is 10.6. The van der Waals surface area contributed by atoms with Crippen molar-refractivity contribution >= 4 is 5.97 Å². The van der Waals surface area contributed by atoms with Crippen molar-refractivity contribution < 1.29 is 9.53 Å². The third-order valence-electron chi connectivity index (χ3n) is 2.31. The number of nitrogens with zero attached hydrogens (tertiary/aromatic N) is 1. The Hall–Kier alpha value is -1.38. The fourth-order valence-corrected chi connectivity index (χ4v) is 1.45. The molecule has 0 radical (unpaired) electrons. The van der Waals surface area contributed by atoms with E-state index in [-0.39, 0.29) is 11.9 Å². The van der Waals surface area contributed by atoms with Gasteiger partial charge in [0.05, 0.1) is 5.92 Å². The molecule has 3 heteroatoms. The van der Waals surface area contributed by atoms with Crippen molar-refractivity contribution in [3.63, 3.8) is 0 Å². The lowest BCUT2D eigenvalue weighted by Gasteiger charge is -2.22. The van der Waals surface area contributed by atoms with Gasteiger partial charge in [-0.1, -0.05) is 0 Å². The van der Waals surface area contributed by atoms with Crippen LogP contribution in [0.3, 0.4) is 0 Å². The molecule has 1 aromatic rings. The minimum atomic E-state index is -0.443. The van der Waals surface area contributed by atoms with Gasteiger partial charge in [-0.15, -0.1) is 0 Å². The summed E-state index contributed by atoms with van der Waals surface area (Å²) in [5.41, 5.74) is 1.55. The summed E-state index contributed by atoms with van der Waals surface area (Å²) in [6.07, 6.45) is 3.45. The number of hydrogen-bond acceptors (Lipinski definition) is 3. The van der Waals surface area contributed by atoms with Crippen LogP contribution >= 0.6 is 0 Å². The van der Waals surface area contributed by atoms with E-state index in [9.17, 15) is 4.79 Å². The third-order valence-corrected chi connectivity index (χ3v) is 2.31. The zero-order chi connectivity index (χ0) is 12.3. The monoisotopic (exact) mass is 221 g/mol. The lowest BCUT2D eigenvalue weighted by Crippen LogP contribution is -2.27. The van der Waals surface area contributed by atoms with E-state index in [0.29, 0.717) is 0 Å². The topological polar surface area (TPSA) is 39.2 Å². The minimum absolute atomic E-state index is 0.205. The second-order valence-electron chi connectivity index (χ2n) is 4.99. The Kier molecular flexibility index (Phi) is 3.68. The van der Waals surface area contributed by atoms with E-state index in [4.69, 9.17) is 4.74 Å². The summed E-state index contributed by atoms with van der Waals surface area (Å²) in [5, 5.41) is 0. The summed E-state index contributed by atoms with van der Waals surface area (Å²) in [5.74, 6) is -0.475. The van der Waals surface area contributed by atoms with Crippen molar-refractivity contribution in [1.29, 1.82) is 0 Å². The van der Waals surface area contributed by atoms with Gasteiger partial charge in [0.1, 0.15) is 5.60 Å². The summed E-state index contributed by atoms with van der Waals surface area (Å²) in [6, 6.07) is 1.90. The average Bonchev–Trinajstić information content (AvgIpc) is 2.15. The Morgan fingerprint density at radius 1 is 1.44 bits per heavy atom. The molecule has 0 bridgehead atoms. The Bertz CT molecular complexity index is 380. The van der Waals surface area contributed by atoms with E-state index in [1.807, 2.05) is 40.7 Å². The highest BCUT2D eigenvalue weighted by molar-refractivity contribution is 5.78. The number of aryl methyl sites for hydroxylation is 1. The van der Waals surface area contributed by atoms with E-state index < -0.39 is 5.60 Å². The van der Waals surface area contributed by atoms with Crippen molar-refractivity contribution in [3.8, 4) is 0 Å². The van der Waals surface area contributed by atoms with Gasteiger partial charge in [0.2, 0.25) is 0 Å². The van der Waals surface area contributed by atoms with Crippen LogP contribution in [0.25, 0.3) is 0 Å². The number of hydrogen-bond donors (Lipinski definition) is 0. The quantitative estimate of drug-likeness (QED) is 0.721. The van der Waals surface area contributed by atoms with Gasteiger partial charge in [-0.3, -0.25) is 9.78 Å². The van der Waals surface area contributed by atoms with Crippen molar-refractivity contribution in [2.24, 2.45) is 0 Å². The molecule has 1 aromatic heterocycles. The van der Waals surface area contributed by atoms with E-state index >= 15 is 0 Å². The highest BCUT2D eigenvalue weighted by atomic mass is 16.6. The number of carbonyl (C=O) groups excluding carboxylic acids is 1. The number of esters is 1. The molecule has 3 nitrogen and oxygen atoms in total. The maximum absolute atomic E-state index is 11.9. The van der Waals surface area contributed by atoms with Crippen LogP contribution < -0.4 is 0 Å². The molecule has 0 aromatic carbocycles. The molecule has 1 rings (SSSR count). The molecule has 0 amide bonds. The fraction of sp³-hybridized carbons (Fsp3) is 0.538. The van der Waals surface area contributed by atoms with Gasteiger partial charge in [-0.25, -0.2) is 0 Å². The van der Waals surface area contributed by atoms with Crippen molar-refractivity contribution in [3.05, 3.63) is 29.6 Å². The molecule has 0 aliphatic rings. The van der Waals surface area contributed by atoms with Crippen molar-refractivity contribution in [2.75, 3.05) is 0 Å². The Morgan fingerprint density at radius 2 is 2.06 bits per heavy atom. The first-order chi connectivity index (χ1) is 7.31. The van der Waals surface area contributed by atoms with Gasteiger partial charge in [0.25, 0.3) is 0 Å². The van der Waals surface area contributed by atoms with Crippen LogP contribution in [0.4, 0.5) is 0 Å². The van der Waals surface area contributed by atoms with Crippen LogP contribution in [0.2, 0.25) is 0 Å². The molecule has 0 aliphatic carbocycles.